The number of aromatic nitrogens is 1. The minimum atomic E-state index is -0.549. The normalized spacial score (nSPS) is 19.9. The Bertz CT molecular complexity index is 513. The Morgan fingerprint density at radius 1 is 1.24 bits per heavy atom. The Balaban J connectivity index is 1.92. The second kappa shape index (κ2) is 4.28. The van der Waals surface area contributed by atoms with Crippen LogP contribution in [0.2, 0.25) is 0 Å². The van der Waals surface area contributed by atoms with Gasteiger partial charge in [-0.3, -0.25) is 4.98 Å². The third kappa shape index (κ3) is 1.84. The first-order valence-electron chi connectivity index (χ1n) is 5.75. The van der Waals surface area contributed by atoms with Crippen molar-refractivity contribution in [2.24, 2.45) is 0 Å². The first kappa shape index (κ1) is 10.4. The summed E-state index contributed by atoms with van der Waals surface area (Å²) in [5, 5.41) is 13.7. The number of rotatable bonds is 2. The molecular formula is C14H14N2O. The molecule has 0 bridgehead atoms. The van der Waals surface area contributed by atoms with E-state index in [9.17, 15) is 5.11 Å². The van der Waals surface area contributed by atoms with Crippen LogP contribution in [0, 0.1) is 0 Å². The fraction of sp³-hybridized carbons (Fsp3) is 0.214. The Morgan fingerprint density at radius 2 is 2.12 bits per heavy atom. The number of fused-ring (bicyclic) bond motifs is 1. The molecule has 2 unspecified atom stereocenters. The Morgan fingerprint density at radius 3 is 2.94 bits per heavy atom. The van der Waals surface area contributed by atoms with Crippen LogP contribution in [0.4, 0.5) is 0 Å². The van der Waals surface area contributed by atoms with Crippen LogP contribution in [0.15, 0.2) is 48.8 Å². The summed E-state index contributed by atoms with van der Waals surface area (Å²) in [5.74, 6) is 0. The lowest BCUT2D eigenvalue weighted by molar-refractivity contribution is 0.133. The molecule has 0 fully saturated rings. The molecule has 0 saturated heterocycles. The van der Waals surface area contributed by atoms with E-state index in [1.165, 1.54) is 11.1 Å². The van der Waals surface area contributed by atoms with Crippen LogP contribution >= 0.6 is 0 Å². The lowest BCUT2D eigenvalue weighted by atomic mass is 9.97. The molecule has 0 aliphatic carbocycles. The number of aliphatic hydroxyl groups is 1. The van der Waals surface area contributed by atoms with Crippen LogP contribution in [0.3, 0.4) is 0 Å². The van der Waals surface area contributed by atoms with Crippen LogP contribution in [-0.4, -0.2) is 10.1 Å². The Kier molecular flexibility index (Phi) is 2.63. The third-order valence-electron chi connectivity index (χ3n) is 3.24. The minimum Gasteiger partial charge on any atom is -0.386 e. The average molecular weight is 226 g/mol. The predicted octanol–water partition coefficient (Wildman–Crippen LogP) is 1.96. The minimum absolute atomic E-state index is 0.0320. The monoisotopic (exact) mass is 226 g/mol. The van der Waals surface area contributed by atoms with Gasteiger partial charge in [0.25, 0.3) is 0 Å². The molecule has 3 heteroatoms. The molecule has 2 atom stereocenters. The van der Waals surface area contributed by atoms with Crippen LogP contribution in [0.5, 0.6) is 0 Å². The van der Waals surface area contributed by atoms with Gasteiger partial charge in [0.2, 0.25) is 0 Å². The van der Waals surface area contributed by atoms with Gasteiger partial charge < -0.3 is 10.4 Å². The van der Waals surface area contributed by atoms with E-state index < -0.39 is 6.10 Å². The van der Waals surface area contributed by atoms with Gasteiger partial charge in [-0.1, -0.05) is 30.3 Å². The largest absolute Gasteiger partial charge is 0.386 e. The number of aliphatic hydroxyl groups excluding tert-OH is 1. The molecule has 2 heterocycles. The van der Waals surface area contributed by atoms with Crippen molar-refractivity contribution in [1.29, 1.82) is 0 Å². The van der Waals surface area contributed by atoms with Crippen molar-refractivity contribution in [2.45, 2.75) is 18.7 Å². The first-order chi connectivity index (χ1) is 8.36. The van der Waals surface area contributed by atoms with Crippen molar-refractivity contribution in [3.05, 3.63) is 65.5 Å². The van der Waals surface area contributed by atoms with E-state index in [0.29, 0.717) is 0 Å². The molecule has 0 radical (unpaired) electrons. The van der Waals surface area contributed by atoms with Crippen molar-refractivity contribution in [2.75, 3.05) is 0 Å². The molecule has 0 amide bonds. The highest BCUT2D eigenvalue weighted by Gasteiger charge is 2.28. The fourth-order valence-electron chi connectivity index (χ4n) is 2.35. The van der Waals surface area contributed by atoms with Gasteiger partial charge in [-0.05, 0) is 17.2 Å². The number of nitrogens with one attached hydrogen (secondary N) is 1. The summed E-state index contributed by atoms with van der Waals surface area (Å²) in [6.07, 6.45) is 2.88. The van der Waals surface area contributed by atoms with E-state index in [4.69, 9.17) is 0 Å². The van der Waals surface area contributed by atoms with Crippen molar-refractivity contribution >= 4 is 0 Å². The lowest BCUT2D eigenvalue weighted by Crippen LogP contribution is -2.20. The van der Waals surface area contributed by atoms with Crippen LogP contribution in [0.25, 0.3) is 0 Å². The quantitative estimate of drug-likeness (QED) is 0.822. The van der Waals surface area contributed by atoms with E-state index in [1.54, 1.807) is 12.4 Å². The van der Waals surface area contributed by atoms with Crippen LogP contribution in [0.1, 0.15) is 28.8 Å². The highest BCUT2D eigenvalue weighted by molar-refractivity contribution is 5.36. The Labute approximate surface area is 100 Å². The number of nitrogens with zero attached hydrogens (tertiary/aromatic N) is 1. The number of hydrogen-bond acceptors (Lipinski definition) is 3. The van der Waals surface area contributed by atoms with Gasteiger partial charge in [-0.15, -0.1) is 0 Å². The predicted molar refractivity (Wildman–Crippen MR) is 65.2 cm³/mol. The average Bonchev–Trinajstić information content (AvgIpc) is 2.83. The molecule has 1 aliphatic heterocycles. The zero-order chi connectivity index (χ0) is 11.7. The standard InChI is InChI=1S/C14H14N2O/c17-14(11-5-3-7-15-8-11)13-12-6-2-1-4-10(12)9-16-13/h1-8,13-14,16-17H,9H2. The van der Waals surface area contributed by atoms with E-state index >= 15 is 0 Å². The third-order valence-corrected chi connectivity index (χ3v) is 3.24. The van der Waals surface area contributed by atoms with E-state index in [-0.39, 0.29) is 6.04 Å². The van der Waals surface area contributed by atoms with Gasteiger partial charge in [0.05, 0.1) is 12.1 Å². The molecule has 3 rings (SSSR count). The summed E-state index contributed by atoms with van der Waals surface area (Å²) in [5.41, 5.74) is 3.30. The molecule has 1 aromatic carbocycles. The van der Waals surface area contributed by atoms with Crippen molar-refractivity contribution in [3.8, 4) is 0 Å². The summed E-state index contributed by atoms with van der Waals surface area (Å²) in [4.78, 5) is 4.05. The summed E-state index contributed by atoms with van der Waals surface area (Å²) >= 11 is 0. The molecule has 0 saturated carbocycles. The number of pyridine rings is 1. The molecular weight excluding hydrogens is 212 g/mol. The molecule has 86 valence electrons. The maximum atomic E-state index is 10.4. The van der Waals surface area contributed by atoms with Crippen LogP contribution < -0.4 is 5.32 Å². The van der Waals surface area contributed by atoms with Gasteiger partial charge >= 0.3 is 0 Å². The highest BCUT2D eigenvalue weighted by Crippen LogP contribution is 2.34. The lowest BCUT2D eigenvalue weighted by Gasteiger charge is -2.19. The van der Waals surface area contributed by atoms with E-state index in [0.717, 1.165) is 12.1 Å². The summed E-state index contributed by atoms with van der Waals surface area (Å²) in [7, 11) is 0. The molecule has 3 nitrogen and oxygen atoms in total. The van der Waals surface area contributed by atoms with Gasteiger partial charge in [0.15, 0.2) is 0 Å². The smallest absolute Gasteiger partial charge is 0.0999 e. The second-order valence-electron chi connectivity index (χ2n) is 4.29. The Hall–Kier alpha value is -1.71. The molecule has 1 aliphatic rings. The molecule has 2 N–H and O–H groups in total. The maximum Gasteiger partial charge on any atom is 0.0999 e. The molecule has 2 aromatic rings. The van der Waals surface area contributed by atoms with Gasteiger partial charge in [0.1, 0.15) is 0 Å². The summed E-state index contributed by atoms with van der Waals surface area (Å²) in [6.45, 7) is 0.818. The highest BCUT2D eigenvalue weighted by atomic mass is 16.3. The number of benzene rings is 1. The van der Waals surface area contributed by atoms with Gasteiger partial charge in [-0.2, -0.15) is 0 Å². The van der Waals surface area contributed by atoms with Gasteiger partial charge in [0, 0.05) is 24.5 Å². The van der Waals surface area contributed by atoms with Crippen LogP contribution in [-0.2, 0) is 6.54 Å². The molecule has 17 heavy (non-hydrogen) atoms. The molecule has 1 aromatic heterocycles. The SMILES string of the molecule is OC(c1cccnc1)C1NCc2ccccc21. The number of hydrogen-bond donors (Lipinski definition) is 2. The van der Waals surface area contributed by atoms with Crippen molar-refractivity contribution in [3.63, 3.8) is 0 Å². The zero-order valence-corrected chi connectivity index (χ0v) is 9.38. The summed E-state index contributed by atoms with van der Waals surface area (Å²) < 4.78 is 0. The zero-order valence-electron chi connectivity index (χ0n) is 9.38. The van der Waals surface area contributed by atoms with E-state index in [2.05, 4.69) is 22.4 Å². The first-order valence-corrected chi connectivity index (χ1v) is 5.75. The van der Waals surface area contributed by atoms with Gasteiger partial charge in [-0.25, -0.2) is 0 Å². The van der Waals surface area contributed by atoms with Crippen molar-refractivity contribution in [1.82, 2.24) is 10.3 Å². The maximum absolute atomic E-state index is 10.4. The molecule has 0 spiro atoms. The topological polar surface area (TPSA) is 45.2 Å². The second-order valence-corrected chi connectivity index (χ2v) is 4.29. The van der Waals surface area contributed by atoms with E-state index in [1.807, 2.05) is 24.3 Å². The fourth-order valence-corrected chi connectivity index (χ4v) is 2.35. The summed E-state index contributed by atoms with van der Waals surface area (Å²) in [6, 6.07) is 11.9. The van der Waals surface area contributed by atoms with Crippen molar-refractivity contribution < 1.29 is 5.11 Å².